The van der Waals surface area contributed by atoms with Crippen LogP contribution in [-0.4, -0.2) is 45.8 Å². The number of anilines is 1. The van der Waals surface area contributed by atoms with E-state index < -0.39 is 0 Å². The molecule has 3 heterocycles. The minimum atomic E-state index is 0.767. The van der Waals surface area contributed by atoms with Crippen molar-refractivity contribution in [2.45, 2.75) is 26.9 Å². The molecule has 140 valence electrons. The number of aromatic nitrogens is 3. The van der Waals surface area contributed by atoms with Gasteiger partial charge in [-0.1, -0.05) is 24.3 Å². The van der Waals surface area contributed by atoms with E-state index >= 15 is 0 Å². The molecule has 2 aromatic heterocycles. The number of benzene rings is 1. The molecule has 0 aliphatic carbocycles. The molecule has 0 bridgehead atoms. The summed E-state index contributed by atoms with van der Waals surface area (Å²) in [5.41, 5.74) is 5.91. The third kappa shape index (κ3) is 3.74. The summed E-state index contributed by atoms with van der Waals surface area (Å²) in [6.07, 6.45) is 4.04. The fourth-order valence-electron chi connectivity index (χ4n) is 3.88. The van der Waals surface area contributed by atoms with Crippen molar-refractivity contribution in [3.8, 4) is 0 Å². The average Bonchev–Trinajstić information content (AvgIpc) is 3.01. The van der Waals surface area contributed by atoms with Crippen molar-refractivity contribution in [1.82, 2.24) is 19.7 Å². The van der Waals surface area contributed by atoms with Crippen molar-refractivity contribution in [1.29, 1.82) is 0 Å². The Balaban J connectivity index is 1.46. The van der Waals surface area contributed by atoms with Gasteiger partial charge in [-0.3, -0.25) is 14.6 Å². The lowest BCUT2D eigenvalue weighted by Crippen LogP contribution is -2.46. The zero-order chi connectivity index (χ0) is 18.8. The Morgan fingerprint density at radius 2 is 1.89 bits per heavy atom. The van der Waals surface area contributed by atoms with E-state index in [-0.39, 0.29) is 0 Å². The Bertz CT molecular complexity index is 950. The van der Waals surface area contributed by atoms with Crippen molar-refractivity contribution in [2.75, 3.05) is 31.1 Å². The van der Waals surface area contributed by atoms with Crippen LogP contribution < -0.4 is 4.90 Å². The molecule has 0 radical (unpaired) electrons. The van der Waals surface area contributed by atoms with E-state index in [1.54, 1.807) is 0 Å². The topological polar surface area (TPSA) is 37.2 Å². The predicted molar refractivity (Wildman–Crippen MR) is 111 cm³/mol. The van der Waals surface area contributed by atoms with Gasteiger partial charge in [0, 0.05) is 61.3 Å². The minimum Gasteiger partial charge on any atom is -0.368 e. The molecule has 3 aromatic rings. The quantitative estimate of drug-likeness (QED) is 0.651. The zero-order valence-corrected chi connectivity index (χ0v) is 16.2. The Morgan fingerprint density at radius 1 is 1.11 bits per heavy atom. The van der Waals surface area contributed by atoms with E-state index in [1.807, 2.05) is 10.8 Å². The Labute approximate surface area is 160 Å². The first-order valence-electron chi connectivity index (χ1n) is 9.61. The molecule has 5 nitrogen and oxygen atoms in total. The van der Waals surface area contributed by atoms with Crippen molar-refractivity contribution in [2.24, 2.45) is 0 Å². The molecule has 0 spiro atoms. The molecule has 1 aliphatic rings. The van der Waals surface area contributed by atoms with Crippen LogP contribution in [-0.2, 0) is 13.1 Å². The second kappa shape index (κ2) is 7.53. The van der Waals surface area contributed by atoms with Crippen molar-refractivity contribution in [3.05, 3.63) is 66.1 Å². The Hall–Kier alpha value is -2.66. The van der Waals surface area contributed by atoms with Crippen LogP contribution in [0.25, 0.3) is 10.9 Å². The summed E-state index contributed by atoms with van der Waals surface area (Å²) in [6.45, 7) is 13.9. The molecule has 1 fully saturated rings. The van der Waals surface area contributed by atoms with Crippen LogP contribution in [0.3, 0.4) is 0 Å². The fraction of sp³-hybridized carbons (Fsp3) is 0.364. The number of hydrogen-bond acceptors (Lipinski definition) is 4. The number of fused-ring (bicyclic) bond motifs is 1. The van der Waals surface area contributed by atoms with E-state index in [2.05, 4.69) is 76.8 Å². The smallest absolute Gasteiger partial charge is 0.0726 e. The first kappa shape index (κ1) is 17.7. The summed E-state index contributed by atoms with van der Waals surface area (Å²) in [6, 6.07) is 10.7. The molecule has 5 heteroatoms. The Morgan fingerprint density at radius 3 is 2.67 bits per heavy atom. The summed E-state index contributed by atoms with van der Waals surface area (Å²) in [5, 5.41) is 5.82. The number of hydrogen-bond donors (Lipinski definition) is 0. The van der Waals surface area contributed by atoms with E-state index in [1.165, 1.54) is 16.6 Å². The molecular weight excluding hydrogens is 334 g/mol. The standard InChI is InChI=1S/C22H27N5/c1-4-9-27-16-19(18(3)24-27)15-25-10-12-26(13-11-25)22-14-17(2)23-21-8-6-5-7-20(21)22/h4-8,14,16H,1,9-13,15H2,2-3H3. The van der Waals surface area contributed by atoms with Crippen molar-refractivity contribution < 1.29 is 0 Å². The number of allylic oxidation sites excluding steroid dienone is 1. The highest BCUT2D eigenvalue weighted by Gasteiger charge is 2.20. The SMILES string of the molecule is C=CCn1cc(CN2CCN(c3cc(C)nc4ccccc34)CC2)c(C)n1. The molecule has 27 heavy (non-hydrogen) atoms. The van der Waals surface area contributed by atoms with Gasteiger partial charge in [0.05, 0.1) is 17.8 Å². The van der Waals surface area contributed by atoms with E-state index in [0.717, 1.165) is 56.2 Å². The number of nitrogens with zero attached hydrogens (tertiary/aromatic N) is 5. The summed E-state index contributed by atoms with van der Waals surface area (Å²) < 4.78 is 1.97. The number of aryl methyl sites for hydroxylation is 2. The van der Waals surface area contributed by atoms with Gasteiger partial charge in [-0.2, -0.15) is 5.10 Å². The van der Waals surface area contributed by atoms with Crippen LogP contribution in [0.1, 0.15) is 17.0 Å². The largest absolute Gasteiger partial charge is 0.368 e. The highest BCUT2D eigenvalue weighted by molar-refractivity contribution is 5.92. The van der Waals surface area contributed by atoms with Gasteiger partial charge >= 0.3 is 0 Å². The lowest BCUT2D eigenvalue weighted by atomic mass is 10.1. The van der Waals surface area contributed by atoms with Crippen LogP contribution in [0.5, 0.6) is 0 Å². The maximum absolute atomic E-state index is 4.68. The third-order valence-electron chi connectivity index (χ3n) is 5.29. The van der Waals surface area contributed by atoms with Gasteiger partial charge in [-0.05, 0) is 26.0 Å². The highest BCUT2D eigenvalue weighted by Crippen LogP contribution is 2.27. The molecule has 0 atom stereocenters. The van der Waals surface area contributed by atoms with Crippen LogP contribution in [0.4, 0.5) is 5.69 Å². The number of rotatable bonds is 5. The number of piperazine rings is 1. The summed E-state index contributed by atoms with van der Waals surface area (Å²) in [5.74, 6) is 0. The monoisotopic (exact) mass is 361 g/mol. The van der Waals surface area contributed by atoms with Gasteiger partial charge in [0.2, 0.25) is 0 Å². The first-order valence-corrected chi connectivity index (χ1v) is 9.61. The van der Waals surface area contributed by atoms with Gasteiger partial charge in [-0.15, -0.1) is 6.58 Å². The van der Waals surface area contributed by atoms with Gasteiger partial charge in [0.1, 0.15) is 0 Å². The van der Waals surface area contributed by atoms with Crippen LogP contribution >= 0.6 is 0 Å². The summed E-state index contributed by atoms with van der Waals surface area (Å²) >= 11 is 0. The van der Waals surface area contributed by atoms with Gasteiger partial charge < -0.3 is 4.90 Å². The molecule has 1 saturated heterocycles. The molecular formula is C22H27N5. The third-order valence-corrected chi connectivity index (χ3v) is 5.29. The zero-order valence-electron chi connectivity index (χ0n) is 16.2. The molecule has 4 rings (SSSR count). The summed E-state index contributed by atoms with van der Waals surface area (Å²) in [4.78, 5) is 9.70. The first-order chi connectivity index (χ1) is 13.1. The highest BCUT2D eigenvalue weighted by atomic mass is 15.3. The van der Waals surface area contributed by atoms with Crippen molar-refractivity contribution in [3.63, 3.8) is 0 Å². The van der Waals surface area contributed by atoms with Gasteiger partial charge in [-0.25, -0.2) is 0 Å². The normalized spacial score (nSPS) is 15.4. The van der Waals surface area contributed by atoms with Crippen LogP contribution in [0.2, 0.25) is 0 Å². The van der Waals surface area contributed by atoms with E-state index in [4.69, 9.17) is 0 Å². The number of pyridine rings is 1. The maximum atomic E-state index is 4.68. The molecule has 1 aromatic carbocycles. The molecule has 1 aliphatic heterocycles. The molecule has 0 unspecified atom stereocenters. The lowest BCUT2D eigenvalue weighted by Gasteiger charge is -2.36. The Kier molecular flexibility index (Phi) is 4.94. The average molecular weight is 361 g/mol. The van der Waals surface area contributed by atoms with Crippen molar-refractivity contribution >= 4 is 16.6 Å². The molecule has 0 saturated carbocycles. The van der Waals surface area contributed by atoms with Gasteiger partial charge in [0.25, 0.3) is 0 Å². The summed E-state index contributed by atoms with van der Waals surface area (Å²) in [7, 11) is 0. The van der Waals surface area contributed by atoms with Crippen LogP contribution in [0, 0.1) is 13.8 Å². The lowest BCUT2D eigenvalue weighted by molar-refractivity contribution is 0.249. The minimum absolute atomic E-state index is 0.767. The maximum Gasteiger partial charge on any atom is 0.0726 e. The second-order valence-electron chi connectivity index (χ2n) is 7.31. The number of para-hydroxylation sites is 1. The van der Waals surface area contributed by atoms with Crippen LogP contribution in [0.15, 0.2) is 49.2 Å². The van der Waals surface area contributed by atoms with E-state index in [0.29, 0.717) is 0 Å². The predicted octanol–water partition coefficient (Wildman–Crippen LogP) is 3.56. The fourth-order valence-corrected chi connectivity index (χ4v) is 3.88. The molecule has 0 amide bonds. The van der Waals surface area contributed by atoms with E-state index in [9.17, 15) is 0 Å². The second-order valence-corrected chi connectivity index (χ2v) is 7.31. The van der Waals surface area contributed by atoms with Gasteiger partial charge in [0.15, 0.2) is 0 Å². The molecule has 0 N–H and O–H groups in total.